The Balaban J connectivity index is 1.72. The molecule has 0 spiro atoms. The van der Waals surface area contributed by atoms with Gasteiger partial charge in [0.25, 0.3) is 0 Å². The number of benzene rings is 1. The van der Waals surface area contributed by atoms with E-state index in [4.69, 9.17) is 4.74 Å². The molecule has 1 aliphatic rings. The second-order valence-electron chi connectivity index (χ2n) is 7.58. The van der Waals surface area contributed by atoms with Gasteiger partial charge < -0.3 is 14.6 Å². The third-order valence-electron chi connectivity index (χ3n) is 4.77. The van der Waals surface area contributed by atoms with Crippen molar-refractivity contribution in [3.05, 3.63) is 35.7 Å². The minimum Gasteiger partial charge on any atom is -0.486 e. The molecule has 0 radical (unpaired) electrons. The van der Waals surface area contributed by atoms with Gasteiger partial charge in [-0.1, -0.05) is 51.1 Å². The summed E-state index contributed by atoms with van der Waals surface area (Å²) in [6, 6.07) is 8.15. The molecule has 1 atom stereocenters. The molecule has 2 heterocycles. The van der Waals surface area contributed by atoms with Crippen molar-refractivity contribution < 1.29 is 9.53 Å². The summed E-state index contributed by atoms with van der Waals surface area (Å²) in [4.78, 5) is 12.3. The molecule has 1 aromatic carbocycles. The average Bonchev–Trinajstić information content (AvgIpc) is 2.93. The van der Waals surface area contributed by atoms with Gasteiger partial charge in [-0.2, -0.15) is 0 Å². The zero-order valence-electron chi connectivity index (χ0n) is 17.0. The Morgan fingerprint density at radius 3 is 2.75 bits per heavy atom. The van der Waals surface area contributed by atoms with Crippen LogP contribution in [0.4, 0.5) is 0 Å². The summed E-state index contributed by atoms with van der Waals surface area (Å²) in [5.41, 5.74) is 1.29. The fourth-order valence-electron chi connectivity index (χ4n) is 3.18. The van der Waals surface area contributed by atoms with E-state index in [1.165, 1.54) is 17.3 Å². The summed E-state index contributed by atoms with van der Waals surface area (Å²) in [5.74, 6) is 2.18. The summed E-state index contributed by atoms with van der Waals surface area (Å²) >= 11 is 1.52. The molecule has 0 unspecified atom stereocenters. The van der Waals surface area contributed by atoms with Crippen LogP contribution in [0.1, 0.15) is 51.4 Å². The SMILES string of the molecule is CCc1ccc(OCc2nnc(S[C@@H]3CCCCNC3=O)n2CC(C)C)cc1. The van der Waals surface area contributed by atoms with E-state index < -0.39 is 0 Å². The van der Waals surface area contributed by atoms with Gasteiger partial charge in [0, 0.05) is 13.1 Å². The minimum atomic E-state index is -0.104. The van der Waals surface area contributed by atoms with Crippen molar-refractivity contribution in [1.82, 2.24) is 20.1 Å². The molecule has 3 rings (SSSR count). The molecule has 2 aromatic rings. The maximum Gasteiger partial charge on any atom is 0.233 e. The van der Waals surface area contributed by atoms with E-state index in [2.05, 4.69) is 53.0 Å². The number of carbonyl (C=O) groups is 1. The molecule has 1 aromatic heterocycles. The molecule has 1 amide bonds. The zero-order valence-corrected chi connectivity index (χ0v) is 17.8. The molecular formula is C21H30N4O2S. The molecular weight excluding hydrogens is 372 g/mol. The first kappa shape index (κ1) is 20.7. The highest BCUT2D eigenvalue weighted by Gasteiger charge is 2.25. The van der Waals surface area contributed by atoms with Gasteiger partial charge in [-0.15, -0.1) is 10.2 Å². The van der Waals surface area contributed by atoms with Gasteiger partial charge in [-0.3, -0.25) is 4.79 Å². The lowest BCUT2D eigenvalue weighted by molar-refractivity contribution is -0.120. The average molecular weight is 403 g/mol. The van der Waals surface area contributed by atoms with Crippen LogP contribution in [0.3, 0.4) is 0 Å². The van der Waals surface area contributed by atoms with Crippen LogP contribution >= 0.6 is 11.8 Å². The third-order valence-corrected chi connectivity index (χ3v) is 6.02. The first-order valence-electron chi connectivity index (χ1n) is 10.1. The van der Waals surface area contributed by atoms with Crippen LogP contribution < -0.4 is 10.1 Å². The molecule has 28 heavy (non-hydrogen) atoms. The van der Waals surface area contributed by atoms with Crippen molar-refractivity contribution in [3.63, 3.8) is 0 Å². The Kier molecular flexibility index (Phi) is 7.36. The van der Waals surface area contributed by atoms with E-state index >= 15 is 0 Å². The number of amides is 1. The van der Waals surface area contributed by atoms with Crippen molar-refractivity contribution in [1.29, 1.82) is 0 Å². The number of aromatic nitrogens is 3. The molecule has 1 fully saturated rings. The Bertz CT molecular complexity index is 773. The van der Waals surface area contributed by atoms with Crippen LogP contribution in [-0.2, 0) is 24.4 Å². The lowest BCUT2D eigenvalue weighted by Crippen LogP contribution is -2.31. The van der Waals surface area contributed by atoms with Gasteiger partial charge in [0.15, 0.2) is 11.0 Å². The van der Waals surface area contributed by atoms with E-state index in [9.17, 15) is 4.79 Å². The number of hydrogen-bond donors (Lipinski definition) is 1. The third kappa shape index (κ3) is 5.50. The molecule has 7 heteroatoms. The number of ether oxygens (including phenoxy) is 1. The normalized spacial score (nSPS) is 17.4. The quantitative estimate of drug-likeness (QED) is 0.727. The van der Waals surface area contributed by atoms with Crippen molar-refractivity contribution in [2.75, 3.05) is 6.54 Å². The first-order chi connectivity index (χ1) is 13.6. The van der Waals surface area contributed by atoms with Crippen molar-refractivity contribution in [2.45, 2.75) is 70.0 Å². The second-order valence-corrected chi connectivity index (χ2v) is 8.75. The Labute approximate surface area is 171 Å². The smallest absolute Gasteiger partial charge is 0.233 e. The van der Waals surface area contributed by atoms with Crippen LogP contribution in [-0.4, -0.2) is 32.5 Å². The number of hydrogen-bond acceptors (Lipinski definition) is 5. The first-order valence-corrected chi connectivity index (χ1v) is 11.0. The molecule has 0 aliphatic carbocycles. The fraction of sp³-hybridized carbons (Fsp3) is 0.571. The lowest BCUT2D eigenvalue weighted by atomic mass is 10.2. The van der Waals surface area contributed by atoms with E-state index in [0.717, 1.165) is 55.5 Å². The summed E-state index contributed by atoms with van der Waals surface area (Å²) < 4.78 is 8.05. The molecule has 1 N–H and O–H groups in total. The predicted octanol–water partition coefficient (Wildman–Crippen LogP) is 3.84. The Morgan fingerprint density at radius 2 is 2.04 bits per heavy atom. The lowest BCUT2D eigenvalue weighted by Gasteiger charge is -2.16. The maximum atomic E-state index is 12.3. The van der Waals surface area contributed by atoms with E-state index in [1.807, 2.05) is 12.1 Å². The summed E-state index contributed by atoms with van der Waals surface area (Å²) in [5, 5.41) is 12.4. The molecule has 1 saturated heterocycles. The van der Waals surface area contributed by atoms with Crippen LogP contribution in [0, 0.1) is 5.92 Å². The minimum absolute atomic E-state index is 0.104. The number of nitrogens with zero attached hydrogens (tertiary/aromatic N) is 3. The van der Waals surface area contributed by atoms with Gasteiger partial charge >= 0.3 is 0 Å². The van der Waals surface area contributed by atoms with Crippen LogP contribution in [0.15, 0.2) is 29.4 Å². The number of aryl methyl sites for hydroxylation is 1. The fourth-order valence-corrected chi connectivity index (χ4v) is 4.31. The summed E-state index contributed by atoms with van der Waals surface area (Å²) in [6.07, 6.45) is 3.98. The summed E-state index contributed by atoms with van der Waals surface area (Å²) in [6.45, 7) is 8.41. The van der Waals surface area contributed by atoms with Gasteiger partial charge in [0.1, 0.15) is 12.4 Å². The molecule has 0 saturated carbocycles. The predicted molar refractivity (Wildman–Crippen MR) is 112 cm³/mol. The Hall–Kier alpha value is -2.02. The maximum absolute atomic E-state index is 12.3. The van der Waals surface area contributed by atoms with Crippen LogP contribution in [0.5, 0.6) is 5.75 Å². The van der Waals surface area contributed by atoms with Gasteiger partial charge in [0.05, 0.1) is 5.25 Å². The second kappa shape index (κ2) is 9.96. The number of carbonyl (C=O) groups excluding carboxylic acids is 1. The van der Waals surface area contributed by atoms with Crippen molar-refractivity contribution in [3.8, 4) is 5.75 Å². The van der Waals surface area contributed by atoms with E-state index in [1.54, 1.807) is 0 Å². The molecule has 6 nitrogen and oxygen atoms in total. The van der Waals surface area contributed by atoms with Crippen molar-refractivity contribution in [2.24, 2.45) is 5.92 Å². The largest absolute Gasteiger partial charge is 0.486 e. The number of rotatable bonds is 8. The van der Waals surface area contributed by atoms with Gasteiger partial charge in [0.2, 0.25) is 5.91 Å². The highest BCUT2D eigenvalue weighted by atomic mass is 32.2. The van der Waals surface area contributed by atoms with E-state index in [0.29, 0.717) is 12.5 Å². The van der Waals surface area contributed by atoms with Crippen LogP contribution in [0.2, 0.25) is 0 Å². The highest BCUT2D eigenvalue weighted by Crippen LogP contribution is 2.28. The molecule has 152 valence electrons. The highest BCUT2D eigenvalue weighted by molar-refractivity contribution is 8.00. The summed E-state index contributed by atoms with van der Waals surface area (Å²) in [7, 11) is 0. The van der Waals surface area contributed by atoms with Crippen molar-refractivity contribution >= 4 is 17.7 Å². The number of thioether (sulfide) groups is 1. The van der Waals surface area contributed by atoms with E-state index in [-0.39, 0.29) is 11.2 Å². The topological polar surface area (TPSA) is 69.0 Å². The van der Waals surface area contributed by atoms with Gasteiger partial charge in [-0.05, 0) is 42.9 Å². The van der Waals surface area contributed by atoms with Crippen LogP contribution in [0.25, 0.3) is 0 Å². The Morgan fingerprint density at radius 1 is 1.25 bits per heavy atom. The van der Waals surface area contributed by atoms with Gasteiger partial charge in [-0.25, -0.2) is 0 Å². The molecule has 1 aliphatic heterocycles. The standard InChI is InChI=1S/C21H30N4O2S/c1-4-16-8-10-17(11-9-16)27-14-19-23-24-21(25(19)13-15(2)3)28-18-7-5-6-12-22-20(18)26/h8-11,15,18H,4-7,12-14H2,1-3H3,(H,22,26)/t18-/m1/s1. The monoisotopic (exact) mass is 402 g/mol. The molecule has 0 bridgehead atoms. The zero-order chi connectivity index (χ0) is 19.9. The number of nitrogens with one attached hydrogen (secondary N) is 1.